The third kappa shape index (κ3) is 6.32. The minimum Gasteiger partial charge on any atom is -0.357 e. The molecule has 2 aromatic rings. The predicted octanol–water partition coefficient (Wildman–Crippen LogP) is 4.24. The Morgan fingerprint density at radius 1 is 1.17 bits per heavy atom. The van der Waals surface area contributed by atoms with Crippen molar-refractivity contribution in [2.45, 2.75) is 58.4 Å². The Balaban J connectivity index is 0.00000320. The van der Waals surface area contributed by atoms with Gasteiger partial charge in [-0.25, -0.2) is 4.99 Å². The zero-order valence-corrected chi connectivity index (χ0v) is 19.6. The molecule has 0 fully saturated rings. The third-order valence-electron chi connectivity index (χ3n) is 4.95. The van der Waals surface area contributed by atoms with Crippen LogP contribution in [0, 0.1) is 0 Å². The molecule has 30 heavy (non-hydrogen) atoms. The summed E-state index contributed by atoms with van der Waals surface area (Å²) in [5.41, 5.74) is 0.138. The molecule has 2 heterocycles. The second-order valence-electron chi connectivity index (χ2n) is 7.22. The lowest BCUT2D eigenvalue weighted by molar-refractivity contribution is -0.137. The number of hydrogen-bond donors (Lipinski definition) is 1. The number of guanidine groups is 1. The van der Waals surface area contributed by atoms with Gasteiger partial charge in [0.1, 0.15) is 12.4 Å². The minimum atomic E-state index is -4.32. The third-order valence-corrected chi connectivity index (χ3v) is 4.95. The van der Waals surface area contributed by atoms with Gasteiger partial charge in [0.2, 0.25) is 0 Å². The Morgan fingerprint density at radius 3 is 2.57 bits per heavy atom. The number of nitrogens with zero attached hydrogens (tertiary/aromatic N) is 5. The lowest BCUT2D eigenvalue weighted by Gasteiger charge is -2.22. The van der Waals surface area contributed by atoms with Gasteiger partial charge in [-0.05, 0) is 37.5 Å². The van der Waals surface area contributed by atoms with Gasteiger partial charge in [0.15, 0.2) is 11.8 Å². The normalized spacial score (nSPS) is 14.5. The number of alkyl halides is 3. The second-order valence-corrected chi connectivity index (χ2v) is 7.22. The maximum Gasteiger partial charge on any atom is 0.416 e. The summed E-state index contributed by atoms with van der Waals surface area (Å²) < 4.78 is 40.4. The minimum absolute atomic E-state index is 0. The zero-order valence-electron chi connectivity index (χ0n) is 17.2. The topological polar surface area (TPSA) is 58.3 Å². The number of benzene rings is 1. The van der Waals surface area contributed by atoms with Crippen LogP contribution >= 0.6 is 24.0 Å². The van der Waals surface area contributed by atoms with Crippen molar-refractivity contribution in [2.75, 3.05) is 13.6 Å². The molecule has 1 aliphatic heterocycles. The molecule has 0 atom stereocenters. The molecule has 1 aromatic heterocycles. The molecule has 0 spiro atoms. The van der Waals surface area contributed by atoms with Crippen LogP contribution in [0.15, 0.2) is 29.3 Å². The first-order valence-electron chi connectivity index (χ1n) is 9.95. The fraction of sp³-hybridized carbons (Fsp3) is 0.550. The van der Waals surface area contributed by atoms with E-state index in [1.54, 1.807) is 0 Å². The number of fused-ring (bicyclic) bond motifs is 1. The summed E-state index contributed by atoms with van der Waals surface area (Å²) in [5.74, 6) is 2.55. The Morgan fingerprint density at radius 2 is 1.90 bits per heavy atom. The molecular weight excluding hydrogens is 508 g/mol. The molecule has 0 amide bonds. The summed E-state index contributed by atoms with van der Waals surface area (Å²) in [6.07, 6.45) is 0.0851. The van der Waals surface area contributed by atoms with Crippen LogP contribution in [0.5, 0.6) is 0 Å². The quantitative estimate of drug-likeness (QED) is 0.353. The number of halogens is 4. The van der Waals surface area contributed by atoms with E-state index in [0.29, 0.717) is 25.6 Å². The summed E-state index contributed by atoms with van der Waals surface area (Å²) >= 11 is 0. The Bertz CT molecular complexity index is 832. The molecule has 0 aliphatic carbocycles. The lowest BCUT2D eigenvalue weighted by Crippen LogP contribution is -2.38. The van der Waals surface area contributed by atoms with E-state index in [4.69, 9.17) is 0 Å². The Hall–Kier alpha value is -1.85. The van der Waals surface area contributed by atoms with Crippen molar-refractivity contribution in [1.29, 1.82) is 0 Å². The summed E-state index contributed by atoms with van der Waals surface area (Å²) in [6, 6.07) is 5.22. The largest absolute Gasteiger partial charge is 0.416 e. The van der Waals surface area contributed by atoms with Crippen molar-refractivity contribution in [3.05, 3.63) is 47.0 Å². The van der Waals surface area contributed by atoms with Crippen LogP contribution in [0.4, 0.5) is 13.2 Å². The zero-order chi connectivity index (χ0) is 20.9. The van der Waals surface area contributed by atoms with Gasteiger partial charge in [-0.15, -0.1) is 34.2 Å². The van der Waals surface area contributed by atoms with Gasteiger partial charge >= 0.3 is 6.18 Å². The van der Waals surface area contributed by atoms with E-state index in [-0.39, 0.29) is 24.0 Å². The molecule has 6 nitrogen and oxygen atoms in total. The van der Waals surface area contributed by atoms with Gasteiger partial charge < -0.3 is 14.8 Å². The van der Waals surface area contributed by atoms with E-state index in [9.17, 15) is 13.2 Å². The van der Waals surface area contributed by atoms with Crippen LogP contribution in [-0.4, -0.2) is 39.2 Å². The van der Waals surface area contributed by atoms with Gasteiger partial charge in [-0.2, -0.15) is 13.2 Å². The molecule has 0 bridgehead atoms. The molecular formula is C20H28F3IN6. The first-order chi connectivity index (χ1) is 13.9. The van der Waals surface area contributed by atoms with Crippen molar-refractivity contribution in [2.24, 2.45) is 4.99 Å². The standard InChI is InChI=1S/C20H27F3N6.HI/c1-3-24-19(25-13-18-27-26-17-7-5-4-6-12-29(17)18)28(2)14-15-8-10-16(11-9-15)20(21,22)23;/h8-11H,3-7,12-14H2,1-2H3,(H,24,25);1H. The monoisotopic (exact) mass is 536 g/mol. The maximum absolute atomic E-state index is 12.7. The molecule has 166 valence electrons. The average molecular weight is 536 g/mol. The van der Waals surface area contributed by atoms with Crippen molar-refractivity contribution >= 4 is 29.9 Å². The molecule has 0 unspecified atom stereocenters. The fourth-order valence-electron chi connectivity index (χ4n) is 3.43. The van der Waals surface area contributed by atoms with Gasteiger partial charge in [-0.1, -0.05) is 18.6 Å². The maximum atomic E-state index is 12.7. The molecule has 1 aliphatic rings. The molecule has 0 saturated carbocycles. The highest BCUT2D eigenvalue weighted by Gasteiger charge is 2.30. The van der Waals surface area contributed by atoms with Gasteiger partial charge in [0, 0.05) is 33.1 Å². The summed E-state index contributed by atoms with van der Waals surface area (Å²) in [7, 11) is 1.86. The van der Waals surface area contributed by atoms with Crippen LogP contribution in [0.1, 0.15) is 49.0 Å². The number of nitrogens with one attached hydrogen (secondary N) is 1. The molecule has 1 N–H and O–H groups in total. The Labute approximate surface area is 192 Å². The van der Waals surface area contributed by atoms with Crippen molar-refractivity contribution in [3.63, 3.8) is 0 Å². The Kier molecular flexibility index (Phi) is 8.92. The van der Waals surface area contributed by atoms with E-state index in [2.05, 4.69) is 25.1 Å². The lowest BCUT2D eigenvalue weighted by atomic mass is 10.1. The van der Waals surface area contributed by atoms with E-state index in [1.807, 2.05) is 18.9 Å². The predicted molar refractivity (Wildman–Crippen MR) is 121 cm³/mol. The van der Waals surface area contributed by atoms with Gasteiger partial charge in [-0.3, -0.25) is 0 Å². The number of hydrogen-bond acceptors (Lipinski definition) is 3. The first kappa shape index (κ1) is 24.4. The number of aryl methyl sites for hydroxylation is 1. The molecule has 10 heteroatoms. The van der Waals surface area contributed by atoms with Crippen LogP contribution in [-0.2, 0) is 32.2 Å². The van der Waals surface area contributed by atoms with Crippen LogP contribution in [0.3, 0.4) is 0 Å². The van der Waals surface area contributed by atoms with Crippen LogP contribution in [0.2, 0.25) is 0 Å². The van der Waals surface area contributed by atoms with Crippen molar-refractivity contribution in [1.82, 2.24) is 25.0 Å². The molecule has 0 saturated heterocycles. The highest BCUT2D eigenvalue weighted by atomic mass is 127. The van der Waals surface area contributed by atoms with Crippen molar-refractivity contribution in [3.8, 4) is 0 Å². The second kappa shape index (κ2) is 11.0. The van der Waals surface area contributed by atoms with Gasteiger partial charge in [0.05, 0.1) is 5.56 Å². The van der Waals surface area contributed by atoms with E-state index < -0.39 is 11.7 Å². The van der Waals surface area contributed by atoms with Gasteiger partial charge in [0.25, 0.3) is 0 Å². The number of aliphatic imine (C=N–C) groups is 1. The van der Waals surface area contributed by atoms with E-state index in [1.165, 1.54) is 18.6 Å². The average Bonchev–Trinajstić information content (AvgIpc) is 2.91. The van der Waals surface area contributed by atoms with E-state index in [0.717, 1.165) is 55.2 Å². The van der Waals surface area contributed by atoms with Crippen molar-refractivity contribution < 1.29 is 13.2 Å². The first-order valence-corrected chi connectivity index (χ1v) is 9.95. The molecule has 3 rings (SSSR count). The molecule has 0 radical (unpaired) electrons. The van der Waals surface area contributed by atoms with Crippen LogP contribution < -0.4 is 5.32 Å². The van der Waals surface area contributed by atoms with Crippen LogP contribution in [0.25, 0.3) is 0 Å². The SMILES string of the molecule is CCNC(=NCc1nnc2n1CCCCC2)N(C)Cc1ccc(C(F)(F)F)cc1.I. The summed E-state index contributed by atoms with van der Waals surface area (Å²) in [6.45, 7) is 4.44. The van der Waals surface area contributed by atoms with E-state index >= 15 is 0 Å². The highest BCUT2D eigenvalue weighted by Crippen LogP contribution is 2.29. The smallest absolute Gasteiger partial charge is 0.357 e. The molecule has 1 aromatic carbocycles. The number of aromatic nitrogens is 3. The number of rotatable bonds is 5. The summed E-state index contributed by atoms with van der Waals surface area (Å²) in [5, 5.41) is 11.8. The fourth-order valence-corrected chi connectivity index (χ4v) is 3.43. The summed E-state index contributed by atoms with van der Waals surface area (Å²) in [4.78, 5) is 6.57. The highest BCUT2D eigenvalue weighted by molar-refractivity contribution is 14.0.